The van der Waals surface area contributed by atoms with Crippen molar-refractivity contribution in [2.24, 2.45) is 0 Å². The fraction of sp³-hybridized carbons (Fsp3) is 0.0556. The number of hydrogen-bond donors (Lipinski definition) is 0. The molecule has 0 bridgehead atoms. The topological polar surface area (TPSA) is 26.3 Å². The van der Waals surface area contributed by atoms with Crippen LogP contribution in [-0.4, -0.2) is 12.9 Å². The predicted octanol–water partition coefficient (Wildman–Crippen LogP) is 4.65. The monoisotopic (exact) mass is 294 g/mol. The minimum absolute atomic E-state index is 0.0273. The maximum absolute atomic E-state index is 12.7. The molecule has 0 aliphatic rings. The van der Waals surface area contributed by atoms with E-state index in [0.29, 0.717) is 5.56 Å². The van der Waals surface area contributed by atoms with Crippen LogP contribution >= 0.6 is 11.3 Å². The van der Waals surface area contributed by atoms with Crippen molar-refractivity contribution in [1.29, 1.82) is 0 Å². The number of carbonyl (C=O) groups is 1. The highest BCUT2D eigenvalue weighted by atomic mass is 32.1. The van der Waals surface area contributed by atoms with E-state index in [4.69, 9.17) is 4.74 Å². The Hall–Kier alpha value is -2.39. The van der Waals surface area contributed by atoms with Gasteiger partial charge in [0.15, 0.2) is 5.78 Å². The molecular formula is C18H14O2S. The van der Waals surface area contributed by atoms with Crippen LogP contribution in [0.2, 0.25) is 0 Å². The molecule has 0 saturated carbocycles. The molecule has 21 heavy (non-hydrogen) atoms. The van der Waals surface area contributed by atoms with Gasteiger partial charge in [-0.1, -0.05) is 24.3 Å². The highest BCUT2D eigenvalue weighted by molar-refractivity contribution is 7.08. The van der Waals surface area contributed by atoms with Crippen molar-refractivity contribution in [3.8, 4) is 16.9 Å². The van der Waals surface area contributed by atoms with Gasteiger partial charge in [-0.15, -0.1) is 0 Å². The first kappa shape index (κ1) is 13.6. The summed E-state index contributed by atoms with van der Waals surface area (Å²) in [7, 11) is 1.61. The van der Waals surface area contributed by atoms with Gasteiger partial charge in [-0.2, -0.15) is 11.3 Å². The molecule has 0 radical (unpaired) electrons. The third kappa shape index (κ3) is 2.73. The average Bonchev–Trinajstić information content (AvgIpc) is 3.08. The van der Waals surface area contributed by atoms with Crippen LogP contribution in [0.5, 0.6) is 5.75 Å². The van der Waals surface area contributed by atoms with E-state index >= 15 is 0 Å². The first-order chi connectivity index (χ1) is 10.3. The molecule has 3 rings (SSSR count). The van der Waals surface area contributed by atoms with Crippen LogP contribution in [0.3, 0.4) is 0 Å². The summed E-state index contributed by atoms with van der Waals surface area (Å²) in [6.07, 6.45) is 0. The van der Waals surface area contributed by atoms with Gasteiger partial charge in [0.2, 0.25) is 0 Å². The number of carbonyl (C=O) groups excluding carboxylic acids is 1. The molecular weight excluding hydrogens is 280 g/mol. The fourth-order valence-electron chi connectivity index (χ4n) is 2.25. The minimum atomic E-state index is 0.0273. The lowest BCUT2D eigenvalue weighted by atomic mass is 9.95. The lowest BCUT2D eigenvalue weighted by Gasteiger charge is -2.08. The Balaban J connectivity index is 2.02. The van der Waals surface area contributed by atoms with E-state index < -0.39 is 0 Å². The Morgan fingerprint density at radius 1 is 1.00 bits per heavy atom. The Morgan fingerprint density at radius 2 is 1.76 bits per heavy atom. The molecule has 0 spiro atoms. The van der Waals surface area contributed by atoms with Crippen molar-refractivity contribution in [2.75, 3.05) is 7.11 Å². The van der Waals surface area contributed by atoms with E-state index in [2.05, 4.69) is 5.38 Å². The molecule has 0 saturated heterocycles. The van der Waals surface area contributed by atoms with Crippen LogP contribution in [0.15, 0.2) is 65.4 Å². The molecule has 0 aliphatic carbocycles. The smallest absolute Gasteiger partial charge is 0.193 e. The second-order valence-corrected chi connectivity index (χ2v) is 5.40. The van der Waals surface area contributed by atoms with Crippen LogP contribution in [-0.2, 0) is 0 Å². The van der Waals surface area contributed by atoms with Crippen LogP contribution < -0.4 is 4.74 Å². The van der Waals surface area contributed by atoms with E-state index in [-0.39, 0.29) is 5.78 Å². The van der Waals surface area contributed by atoms with Gasteiger partial charge in [0.25, 0.3) is 0 Å². The average molecular weight is 294 g/mol. The first-order valence-corrected chi connectivity index (χ1v) is 7.54. The number of ether oxygens (including phenoxy) is 1. The van der Waals surface area contributed by atoms with Crippen molar-refractivity contribution in [3.63, 3.8) is 0 Å². The summed E-state index contributed by atoms with van der Waals surface area (Å²) in [5, 5.41) is 4.07. The van der Waals surface area contributed by atoms with Crippen LogP contribution in [0.25, 0.3) is 11.1 Å². The van der Waals surface area contributed by atoms with Crippen molar-refractivity contribution in [3.05, 3.63) is 76.5 Å². The Labute approximate surface area is 127 Å². The molecule has 1 heterocycles. The lowest BCUT2D eigenvalue weighted by Crippen LogP contribution is -2.03. The summed E-state index contributed by atoms with van der Waals surface area (Å²) in [6.45, 7) is 0. The molecule has 0 fully saturated rings. The molecule has 104 valence electrons. The highest BCUT2D eigenvalue weighted by Gasteiger charge is 2.14. The van der Waals surface area contributed by atoms with E-state index in [1.54, 1.807) is 42.7 Å². The zero-order chi connectivity index (χ0) is 14.7. The lowest BCUT2D eigenvalue weighted by molar-refractivity contribution is 0.103. The molecule has 0 unspecified atom stereocenters. The van der Waals surface area contributed by atoms with Crippen LogP contribution in [0, 0.1) is 0 Å². The second kappa shape index (κ2) is 5.94. The Kier molecular flexibility index (Phi) is 3.84. The normalized spacial score (nSPS) is 10.3. The van der Waals surface area contributed by atoms with Gasteiger partial charge in [0, 0.05) is 11.1 Å². The molecule has 0 amide bonds. The van der Waals surface area contributed by atoms with Crippen LogP contribution in [0.4, 0.5) is 0 Å². The zero-order valence-corrected chi connectivity index (χ0v) is 12.4. The number of ketones is 1. The maximum Gasteiger partial charge on any atom is 0.193 e. The summed E-state index contributed by atoms with van der Waals surface area (Å²) in [5.41, 5.74) is 3.44. The largest absolute Gasteiger partial charge is 0.497 e. The van der Waals surface area contributed by atoms with E-state index in [9.17, 15) is 4.79 Å². The first-order valence-electron chi connectivity index (χ1n) is 6.60. The van der Waals surface area contributed by atoms with Gasteiger partial charge in [-0.05, 0) is 52.2 Å². The van der Waals surface area contributed by atoms with Gasteiger partial charge in [0.05, 0.1) is 7.11 Å². The van der Waals surface area contributed by atoms with E-state index in [1.807, 2.05) is 35.7 Å². The number of rotatable bonds is 4. The maximum atomic E-state index is 12.7. The van der Waals surface area contributed by atoms with Crippen LogP contribution in [0.1, 0.15) is 15.9 Å². The van der Waals surface area contributed by atoms with Crippen molar-refractivity contribution < 1.29 is 9.53 Å². The number of thiophene rings is 1. The predicted molar refractivity (Wildman–Crippen MR) is 86.2 cm³/mol. The standard InChI is InChI=1S/C18H14O2S/c1-20-15-8-6-13(7-9-15)18(19)17-5-3-2-4-16(17)14-10-11-21-12-14/h2-12H,1H3. The third-order valence-electron chi connectivity index (χ3n) is 3.36. The summed E-state index contributed by atoms with van der Waals surface area (Å²) in [4.78, 5) is 12.7. The summed E-state index contributed by atoms with van der Waals surface area (Å²) in [6, 6.07) is 17.0. The second-order valence-electron chi connectivity index (χ2n) is 4.62. The fourth-order valence-corrected chi connectivity index (χ4v) is 2.90. The van der Waals surface area contributed by atoms with Gasteiger partial charge in [0.1, 0.15) is 5.75 Å². The summed E-state index contributed by atoms with van der Waals surface area (Å²) >= 11 is 1.63. The van der Waals surface area contributed by atoms with Gasteiger partial charge in [-0.3, -0.25) is 4.79 Å². The van der Waals surface area contributed by atoms with E-state index in [0.717, 1.165) is 22.4 Å². The Bertz CT molecular complexity index is 743. The summed E-state index contributed by atoms with van der Waals surface area (Å²) < 4.78 is 5.13. The van der Waals surface area contributed by atoms with Gasteiger partial charge >= 0.3 is 0 Å². The molecule has 3 heteroatoms. The molecule has 1 aromatic heterocycles. The minimum Gasteiger partial charge on any atom is -0.497 e. The molecule has 0 aliphatic heterocycles. The third-order valence-corrected chi connectivity index (χ3v) is 4.04. The van der Waals surface area contributed by atoms with Crippen molar-refractivity contribution >= 4 is 17.1 Å². The quantitative estimate of drug-likeness (QED) is 0.654. The zero-order valence-electron chi connectivity index (χ0n) is 11.6. The number of hydrogen-bond acceptors (Lipinski definition) is 3. The molecule has 0 N–H and O–H groups in total. The number of methoxy groups -OCH3 is 1. The molecule has 2 aromatic carbocycles. The Morgan fingerprint density at radius 3 is 2.43 bits per heavy atom. The summed E-state index contributed by atoms with van der Waals surface area (Å²) in [5.74, 6) is 0.775. The molecule has 3 aromatic rings. The van der Waals surface area contributed by atoms with Crippen molar-refractivity contribution in [2.45, 2.75) is 0 Å². The van der Waals surface area contributed by atoms with Crippen molar-refractivity contribution in [1.82, 2.24) is 0 Å². The molecule has 2 nitrogen and oxygen atoms in total. The number of benzene rings is 2. The van der Waals surface area contributed by atoms with E-state index in [1.165, 1.54) is 0 Å². The van der Waals surface area contributed by atoms with Gasteiger partial charge in [-0.25, -0.2) is 0 Å². The molecule has 0 atom stereocenters. The SMILES string of the molecule is COc1ccc(C(=O)c2ccccc2-c2ccsc2)cc1. The highest BCUT2D eigenvalue weighted by Crippen LogP contribution is 2.27. The van der Waals surface area contributed by atoms with Gasteiger partial charge < -0.3 is 4.74 Å².